The number of carboxylic acids is 1. The van der Waals surface area contributed by atoms with Gasteiger partial charge in [-0.1, -0.05) is 19.3 Å². The summed E-state index contributed by atoms with van der Waals surface area (Å²) in [5.41, 5.74) is 0. The van der Waals surface area contributed by atoms with Gasteiger partial charge in [-0.05, 0) is 6.42 Å². The third kappa shape index (κ3) is 6.52. The Balaban J connectivity index is 3.90. The fraction of sp³-hybridized carbons (Fsp3) is 0.600. The highest BCUT2D eigenvalue weighted by atomic mass is 16.4. The van der Waals surface area contributed by atoms with Crippen LogP contribution in [-0.2, 0) is 9.59 Å². The minimum absolute atomic E-state index is 0.0394. The van der Waals surface area contributed by atoms with Gasteiger partial charge in [-0.25, -0.2) is 4.79 Å². The van der Waals surface area contributed by atoms with E-state index in [-0.39, 0.29) is 12.5 Å². The van der Waals surface area contributed by atoms with E-state index in [4.69, 9.17) is 11.5 Å². The van der Waals surface area contributed by atoms with E-state index in [9.17, 15) is 9.59 Å². The zero-order valence-corrected chi connectivity index (χ0v) is 8.75. The van der Waals surface area contributed by atoms with Crippen LogP contribution in [0, 0.1) is 12.3 Å². The number of rotatable bonds is 7. The third-order valence-electron chi connectivity index (χ3n) is 1.72. The van der Waals surface area contributed by atoms with Crippen LogP contribution < -0.4 is 10.6 Å². The summed E-state index contributed by atoms with van der Waals surface area (Å²) in [5.74, 6) is 0.950. The summed E-state index contributed by atoms with van der Waals surface area (Å²) in [5, 5.41) is 13.8. The van der Waals surface area contributed by atoms with E-state index in [1.54, 1.807) is 0 Å². The van der Waals surface area contributed by atoms with Gasteiger partial charge in [-0.2, -0.15) is 0 Å². The zero-order valence-electron chi connectivity index (χ0n) is 8.75. The molecule has 0 saturated carbocycles. The van der Waals surface area contributed by atoms with Crippen LogP contribution in [0.1, 0.15) is 19.8 Å². The first-order valence-corrected chi connectivity index (χ1v) is 4.78. The van der Waals surface area contributed by atoms with Crippen LogP contribution in [0.2, 0.25) is 0 Å². The number of hydrogen-bond donors (Lipinski definition) is 3. The molecular formula is C10H16N2O3. The van der Waals surface area contributed by atoms with Crippen molar-refractivity contribution in [1.82, 2.24) is 10.6 Å². The molecule has 1 amide bonds. The molecule has 0 aromatic carbocycles. The number of carboxylic acid groups (broad SMARTS) is 1. The highest BCUT2D eigenvalue weighted by Crippen LogP contribution is 1.96. The largest absolute Gasteiger partial charge is 0.480 e. The first-order chi connectivity index (χ1) is 7.11. The Labute approximate surface area is 89.2 Å². The van der Waals surface area contributed by atoms with Crippen LogP contribution in [0.5, 0.6) is 0 Å². The molecule has 3 N–H and O–H groups in total. The summed E-state index contributed by atoms with van der Waals surface area (Å²) >= 11 is 0. The molecule has 0 aliphatic rings. The maximum absolute atomic E-state index is 11.2. The van der Waals surface area contributed by atoms with Gasteiger partial charge < -0.3 is 10.4 Å². The first-order valence-electron chi connectivity index (χ1n) is 4.78. The SMILES string of the molecule is C#CCNCC(=O)N[C@@H](CCC)C(=O)O. The monoisotopic (exact) mass is 212 g/mol. The van der Waals surface area contributed by atoms with E-state index >= 15 is 0 Å². The van der Waals surface area contributed by atoms with Gasteiger partial charge in [0.25, 0.3) is 0 Å². The van der Waals surface area contributed by atoms with Crippen molar-refractivity contribution in [3.63, 3.8) is 0 Å². The van der Waals surface area contributed by atoms with Crippen molar-refractivity contribution >= 4 is 11.9 Å². The molecule has 0 saturated heterocycles. The van der Waals surface area contributed by atoms with Gasteiger partial charge in [0.05, 0.1) is 13.1 Å². The molecule has 15 heavy (non-hydrogen) atoms. The number of amides is 1. The van der Waals surface area contributed by atoms with Crippen LogP contribution in [-0.4, -0.2) is 36.1 Å². The van der Waals surface area contributed by atoms with Gasteiger partial charge in [0.15, 0.2) is 0 Å². The van der Waals surface area contributed by atoms with Crippen LogP contribution in [0.4, 0.5) is 0 Å². The Bertz CT molecular complexity index is 258. The molecule has 0 aliphatic heterocycles. The van der Waals surface area contributed by atoms with Gasteiger partial charge in [0.1, 0.15) is 6.04 Å². The van der Waals surface area contributed by atoms with Crippen molar-refractivity contribution < 1.29 is 14.7 Å². The molecular weight excluding hydrogens is 196 g/mol. The van der Waals surface area contributed by atoms with Gasteiger partial charge in [0, 0.05) is 0 Å². The molecule has 0 rings (SSSR count). The van der Waals surface area contributed by atoms with Crippen molar-refractivity contribution in [3.05, 3.63) is 0 Å². The van der Waals surface area contributed by atoms with Crippen LogP contribution in [0.15, 0.2) is 0 Å². The number of carbonyl (C=O) groups excluding carboxylic acids is 1. The molecule has 0 aromatic heterocycles. The molecule has 0 heterocycles. The molecule has 0 spiro atoms. The van der Waals surface area contributed by atoms with Crippen molar-refractivity contribution in [1.29, 1.82) is 0 Å². The number of terminal acetylenes is 1. The summed E-state index contributed by atoms with van der Waals surface area (Å²) in [6.45, 7) is 2.19. The van der Waals surface area contributed by atoms with Crippen molar-refractivity contribution in [2.75, 3.05) is 13.1 Å². The molecule has 0 aliphatic carbocycles. The average Bonchev–Trinajstić information content (AvgIpc) is 2.17. The molecule has 84 valence electrons. The molecule has 1 atom stereocenters. The molecule has 0 aromatic rings. The summed E-state index contributed by atoms with van der Waals surface area (Å²) in [6, 6.07) is -0.810. The summed E-state index contributed by atoms with van der Waals surface area (Å²) < 4.78 is 0. The minimum Gasteiger partial charge on any atom is -0.480 e. The zero-order chi connectivity index (χ0) is 11.7. The molecule has 0 bridgehead atoms. The topological polar surface area (TPSA) is 78.4 Å². The number of hydrogen-bond acceptors (Lipinski definition) is 3. The first kappa shape index (κ1) is 13.5. The lowest BCUT2D eigenvalue weighted by Gasteiger charge is -2.13. The Morgan fingerprint density at radius 2 is 2.20 bits per heavy atom. The number of carbonyl (C=O) groups is 2. The van der Waals surface area contributed by atoms with Gasteiger partial charge in [0.2, 0.25) is 5.91 Å². The van der Waals surface area contributed by atoms with Crippen LogP contribution >= 0.6 is 0 Å². The Kier molecular flexibility index (Phi) is 7.02. The van der Waals surface area contributed by atoms with Crippen molar-refractivity contribution in [3.8, 4) is 12.3 Å². The van der Waals surface area contributed by atoms with E-state index in [0.717, 1.165) is 0 Å². The van der Waals surface area contributed by atoms with E-state index in [1.807, 2.05) is 6.92 Å². The summed E-state index contributed by atoms with van der Waals surface area (Å²) in [4.78, 5) is 21.9. The highest BCUT2D eigenvalue weighted by molar-refractivity contribution is 5.84. The molecule has 0 radical (unpaired) electrons. The number of aliphatic carboxylic acids is 1. The maximum Gasteiger partial charge on any atom is 0.326 e. The Hall–Kier alpha value is -1.54. The predicted molar refractivity (Wildman–Crippen MR) is 56.2 cm³/mol. The van der Waals surface area contributed by atoms with Gasteiger partial charge in [-0.3, -0.25) is 10.1 Å². The van der Waals surface area contributed by atoms with Crippen LogP contribution in [0.25, 0.3) is 0 Å². The predicted octanol–water partition coefficient (Wildman–Crippen LogP) is -0.421. The third-order valence-corrected chi connectivity index (χ3v) is 1.72. The fourth-order valence-electron chi connectivity index (χ4n) is 1.04. The van der Waals surface area contributed by atoms with Crippen LogP contribution in [0.3, 0.4) is 0 Å². The summed E-state index contributed by atoms with van der Waals surface area (Å²) in [7, 11) is 0. The average molecular weight is 212 g/mol. The standard InChI is InChI=1S/C10H16N2O3/c1-3-5-8(10(14)15)12-9(13)7-11-6-4-2/h2,8,11H,3,5-7H2,1H3,(H,12,13)(H,14,15)/t8-/m0/s1. The lowest BCUT2D eigenvalue weighted by Crippen LogP contribution is -2.44. The van der Waals surface area contributed by atoms with E-state index in [2.05, 4.69) is 16.6 Å². The highest BCUT2D eigenvalue weighted by Gasteiger charge is 2.17. The van der Waals surface area contributed by atoms with E-state index in [0.29, 0.717) is 19.4 Å². The summed E-state index contributed by atoms with van der Waals surface area (Å²) in [6.07, 6.45) is 6.10. The smallest absolute Gasteiger partial charge is 0.326 e. The Morgan fingerprint density at radius 1 is 1.53 bits per heavy atom. The molecule has 5 heteroatoms. The number of nitrogens with one attached hydrogen (secondary N) is 2. The minimum atomic E-state index is -1.01. The van der Waals surface area contributed by atoms with Crippen molar-refractivity contribution in [2.45, 2.75) is 25.8 Å². The molecule has 0 unspecified atom stereocenters. The Morgan fingerprint density at radius 3 is 2.67 bits per heavy atom. The van der Waals surface area contributed by atoms with Gasteiger partial charge in [-0.15, -0.1) is 6.42 Å². The normalized spacial score (nSPS) is 11.5. The van der Waals surface area contributed by atoms with Gasteiger partial charge >= 0.3 is 5.97 Å². The lowest BCUT2D eigenvalue weighted by atomic mass is 10.1. The maximum atomic E-state index is 11.2. The van der Waals surface area contributed by atoms with E-state index in [1.165, 1.54) is 0 Å². The second-order valence-corrected chi connectivity index (χ2v) is 3.05. The molecule has 5 nitrogen and oxygen atoms in total. The quantitative estimate of drug-likeness (QED) is 0.395. The second kappa shape index (κ2) is 7.83. The second-order valence-electron chi connectivity index (χ2n) is 3.05. The molecule has 0 fully saturated rings. The van der Waals surface area contributed by atoms with Crippen molar-refractivity contribution in [2.24, 2.45) is 0 Å². The lowest BCUT2D eigenvalue weighted by molar-refractivity contribution is -0.141. The van der Waals surface area contributed by atoms with E-state index < -0.39 is 12.0 Å². The fourth-order valence-corrected chi connectivity index (χ4v) is 1.04.